The van der Waals surface area contributed by atoms with Crippen molar-refractivity contribution >= 4 is 46.9 Å². The summed E-state index contributed by atoms with van der Waals surface area (Å²) in [7, 11) is 0. The minimum Gasteiger partial charge on any atom is -0.325 e. The molecule has 5 aromatic carbocycles. The molecule has 0 aliphatic heterocycles. The van der Waals surface area contributed by atoms with E-state index in [2.05, 4.69) is 16.0 Å². The van der Waals surface area contributed by atoms with Gasteiger partial charge in [-0.15, -0.1) is 11.8 Å². The second-order valence-corrected chi connectivity index (χ2v) is 11.3. The van der Waals surface area contributed by atoms with E-state index in [1.54, 1.807) is 42.5 Å². The molecular formula is C37H30FN3O3S. The highest BCUT2D eigenvalue weighted by atomic mass is 32.2. The van der Waals surface area contributed by atoms with Crippen molar-refractivity contribution in [1.29, 1.82) is 0 Å². The van der Waals surface area contributed by atoms with Gasteiger partial charge in [-0.2, -0.15) is 0 Å². The molecule has 5 aromatic rings. The van der Waals surface area contributed by atoms with Gasteiger partial charge in [0.1, 0.15) is 16.8 Å². The minimum absolute atomic E-state index is 0.00840. The van der Waals surface area contributed by atoms with Gasteiger partial charge >= 0.3 is 0 Å². The Morgan fingerprint density at radius 1 is 0.711 bits per heavy atom. The molecule has 1 atom stereocenters. The van der Waals surface area contributed by atoms with Crippen molar-refractivity contribution in [2.24, 2.45) is 0 Å². The third-order valence-corrected chi connectivity index (χ3v) is 8.09. The Labute approximate surface area is 265 Å². The molecule has 0 fully saturated rings. The molecular weight excluding hydrogens is 585 g/mol. The Bertz CT molecular complexity index is 1810. The number of halogens is 1. The Morgan fingerprint density at radius 3 is 2.00 bits per heavy atom. The number of anilines is 2. The lowest BCUT2D eigenvalue weighted by molar-refractivity contribution is -0.116. The monoisotopic (exact) mass is 615 g/mol. The largest absolute Gasteiger partial charge is 0.325 e. The highest BCUT2D eigenvalue weighted by Crippen LogP contribution is 2.37. The third kappa shape index (κ3) is 8.55. The van der Waals surface area contributed by atoms with Gasteiger partial charge in [-0.1, -0.05) is 78.9 Å². The van der Waals surface area contributed by atoms with Crippen molar-refractivity contribution in [3.8, 4) is 0 Å². The standard InChI is InChI=1S/C37H30FN3O3S/c1-25-10-8-9-15-32(25)40-37(44)34(27-11-4-2-5-12-27)45-31-22-20-30(21-23-31)39-36(43)33(24-26-16-18-29(38)19-17-26)41-35(42)28-13-6-3-7-14-28/h2-24,34H,1H3,(H,39,43)(H,40,44)(H,41,42)/b33-24-. The first-order valence-electron chi connectivity index (χ1n) is 14.2. The van der Waals surface area contributed by atoms with Gasteiger partial charge < -0.3 is 16.0 Å². The number of amides is 3. The van der Waals surface area contributed by atoms with Crippen LogP contribution in [-0.2, 0) is 9.59 Å². The summed E-state index contributed by atoms with van der Waals surface area (Å²) in [5, 5.41) is 8.02. The molecule has 0 bridgehead atoms. The van der Waals surface area contributed by atoms with E-state index in [4.69, 9.17) is 0 Å². The van der Waals surface area contributed by atoms with Gasteiger partial charge in [0.25, 0.3) is 11.8 Å². The zero-order valence-electron chi connectivity index (χ0n) is 24.4. The fourth-order valence-corrected chi connectivity index (χ4v) is 5.46. The number of aryl methyl sites for hydroxylation is 1. The van der Waals surface area contributed by atoms with E-state index in [0.29, 0.717) is 16.8 Å². The van der Waals surface area contributed by atoms with E-state index in [1.165, 1.54) is 42.1 Å². The normalized spacial score (nSPS) is 11.7. The number of nitrogens with one attached hydrogen (secondary N) is 3. The molecule has 1 unspecified atom stereocenters. The molecule has 0 aliphatic rings. The highest BCUT2D eigenvalue weighted by molar-refractivity contribution is 8.00. The SMILES string of the molecule is Cc1ccccc1NC(=O)C(Sc1ccc(NC(=O)/C(=C/c2ccc(F)cc2)NC(=O)c2ccccc2)cc1)c1ccccc1. The topological polar surface area (TPSA) is 87.3 Å². The summed E-state index contributed by atoms with van der Waals surface area (Å²) in [6.45, 7) is 1.95. The van der Waals surface area contributed by atoms with E-state index >= 15 is 0 Å². The van der Waals surface area contributed by atoms with Crippen molar-refractivity contribution < 1.29 is 18.8 Å². The Kier molecular flexibility index (Phi) is 10.2. The lowest BCUT2D eigenvalue weighted by atomic mass is 10.1. The average Bonchev–Trinajstić information content (AvgIpc) is 3.06. The van der Waals surface area contributed by atoms with Crippen molar-refractivity contribution in [1.82, 2.24) is 5.32 Å². The molecule has 6 nitrogen and oxygen atoms in total. The number of hydrogen-bond donors (Lipinski definition) is 3. The van der Waals surface area contributed by atoms with Crippen molar-refractivity contribution in [3.63, 3.8) is 0 Å². The Hall–Kier alpha value is -5.47. The van der Waals surface area contributed by atoms with Crippen molar-refractivity contribution in [3.05, 3.63) is 167 Å². The summed E-state index contributed by atoms with van der Waals surface area (Å²) >= 11 is 1.39. The lowest BCUT2D eigenvalue weighted by Gasteiger charge is -2.18. The van der Waals surface area contributed by atoms with Gasteiger partial charge in [-0.05, 0) is 84.3 Å². The maximum absolute atomic E-state index is 13.5. The second kappa shape index (κ2) is 14.8. The van der Waals surface area contributed by atoms with Crippen molar-refractivity contribution in [2.45, 2.75) is 17.1 Å². The third-order valence-electron chi connectivity index (χ3n) is 6.82. The summed E-state index contributed by atoms with van der Waals surface area (Å²) in [4.78, 5) is 40.5. The quantitative estimate of drug-likeness (QED) is 0.110. The molecule has 0 heterocycles. The maximum atomic E-state index is 13.5. The number of carbonyl (C=O) groups is 3. The molecule has 45 heavy (non-hydrogen) atoms. The lowest BCUT2D eigenvalue weighted by Crippen LogP contribution is -2.30. The first kappa shape index (κ1) is 31.0. The Balaban J connectivity index is 1.32. The number of benzene rings is 5. The van der Waals surface area contributed by atoms with Crippen LogP contribution in [0.25, 0.3) is 6.08 Å². The zero-order chi connectivity index (χ0) is 31.6. The zero-order valence-corrected chi connectivity index (χ0v) is 25.2. The van der Waals surface area contributed by atoms with E-state index in [-0.39, 0.29) is 11.6 Å². The molecule has 8 heteroatoms. The van der Waals surface area contributed by atoms with E-state index in [0.717, 1.165) is 21.7 Å². The fraction of sp³-hybridized carbons (Fsp3) is 0.0541. The van der Waals surface area contributed by atoms with Crippen LogP contribution in [0.3, 0.4) is 0 Å². The van der Waals surface area contributed by atoms with Crippen LogP contribution in [0.4, 0.5) is 15.8 Å². The van der Waals surface area contributed by atoms with Crippen LogP contribution < -0.4 is 16.0 Å². The summed E-state index contributed by atoms with van der Waals surface area (Å²) in [6, 6.07) is 38.4. The molecule has 0 saturated carbocycles. The van der Waals surface area contributed by atoms with Crippen molar-refractivity contribution in [2.75, 3.05) is 10.6 Å². The summed E-state index contributed by atoms with van der Waals surface area (Å²) in [5.41, 5.74) is 3.99. The molecule has 5 rings (SSSR count). The van der Waals surface area contributed by atoms with Crippen LogP contribution >= 0.6 is 11.8 Å². The molecule has 3 N–H and O–H groups in total. The molecule has 224 valence electrons. The van der Waals surface area contributed by atoms with Gasteiger partial charge in [0, 0.05) is 21.8 Å². The molecule has 0 spiro atoms. The van der Waals surface area contributed by atoms with Crippen LogP contribution in [0.5, 0.6) is 0 Å². The number of thioether (sulfide) groups is 1. The molecule has 3 amide bonds. The summed E-state index contributed by atoms with van der Waals surface area (Å²) in [6.07, 6.45) is 1.48. The minimum atomic E-state index is -0.552. The van der Waals surface area contributed by atoms with Crippen LogP contribution in [0.15, 0.2) is 144 Å². The number of para-hydroxylation sites is 1. The van der Waals surface area contributed by atoms with Crippen LogP contribution in [0, 0.1) is 12.7 Å². The second-order valence-electron chi connectivity index (χ2n) is 10.1. The van der Waals surface area contributed by atoms with E-state index in [1.807, 2.05) is 73.7 Å². The Morgan fingerprint density at radius 2 is 1.33 bits per heavy atom. The average molecular weight is 616 g/mol. The summed E-state index contributed by atoms with van der Waals surface area (Å²) in [5.74, 6) is -1.57. The van der Waals surface area contributed by atoms with Gasteiger partial charge in [0.2, 0.25) is 5.91 Å². The van der Waals surface area contributed by atoms with E-state index < -0.39 is 22.9 Å². The number of rotatable bonds is 10. The highest BCUT2D eigenvalue weighted by Gasteiger charge is 2.23. The van der Waals surface area contributed by atoms with Gasteiger partial charge in [-0.3, -0.25) is 14.4 Å². The molecule has 0 radical (unpaired) electrons. The van der Waals surface area contributed by atoms with Crippen LogP contribution in [0.1, 0.15) is 32.3 Å². The molecule has 0 aromatic heterocycles. The van der Waals surface area contributed by atoms with Gasteiger partial charge in [0.15, 0.2) is 0 Å². The molecule has 0 aliphatic carbocycles. The van der Waals surface area contributed by atoms with Gasteiger partial charge in [-0.25, -0.2) is 4.39 Å². The predicted molar refractivity (Wildman–Crippen MR) is 178 cm³/mol. The summed E-state index contributed by atoms with van der Waals surface area (Å²) < 4.78 is 13.5. The smallest absolute Gasteiger partial charge is 0.272 e. The fourth-order valence-electron chi connectivity index (χ4n) is 4.43. The first-order chi connectivity index (χ1) is 21.9. The maximum Gasteiger partial charge on any atom is 0.272 e. The number of carbonyl (C=O) groups excluding carboxylic acids is 3. The number of hydrogen-bond acceptors (Lipinski definition) is 4. The van der Waals surface area contributed by atoms with Crippen LogP contribution in [0.2, 0.25) is 0 Å². The van der Waals surface area contributed by atoms with Gasteiger partial charge in [0.05, 0.1) is 0 Å². The predicted octanol–water partition coefficient (Wildman–Crippen LogP) is 8.02. The molecule has 0 saturated heterocycles. The van der Waals surface area contributed by atoms with Crippen LogP contribution in [-0.4, -0.2) is 17.7 Å². The van der Waals surface area contributed by atoms with E-state index in [9.17, 15) is 18.8 Å². The first-order valence-corrected chi connectivity index (χ1v) is 15.1.